The van der Waals surface area contributed by atoms with Crippen LogP contribution in [0.1, 0.15) is 23.8 Å². The van der Waals surface area contributed by atoms with Crippen LogP contribution in [0.5, 0.6) is 0 Å². The molecule has 0 aliphatic carbocycles. The molecule has 0 saturated carbocycles. The number of rotatable bonds is 7. The topological polar surface area (TPSA) is 61.4 Å². The number of aryl methyl sites for hydroxylation is 1. The second-order valence-electron chi connectivity index (χ2n) is 6.62. The monoisotopic (exact) mass is 368 g/mol. The standard InChI is InChI=1S/C21H24N2O2S/c1-21(25,19-14-17-11-5-6-12-18(17)26-19)15-23-20(24)22-13-7-10-16-8-3-2-4-9-16/h2-6,8-9,11-12,14,25H,7,10,13,15H2,1H3,(H2,22,23,24)/t21-/m1/s1. The average molecular weight is 369 g/mol. The summed E-state index contributed by atoms with van der Waals surface area (Å²) in [5, 5.41) is 17.5. The second kappa shape index (κ2) is 8.34. The zero-order chi connectivity index (χ0) is 18.4. The molecule has 1 heterocycles. The maximum atomic E-state index is 12.0. The molecule has 1 aromatic heterocycles. The van der Waals surface area contributed by atoms with Gasteiger partial charge >= 0.3 is 6.03 Å². The summed E-state index contributed by atoms with van der Waals surface area (Å²) < 4.78 is 1.13. The summed E-state index contributed by atoms with van der Waals surface area (Å²) in [6, 6.07) is 20.0. The van der Waals surface area contributed by atoms with Crippen molar-refractivity contribution in [2.45, 2.75) is 25.4 Å². The first-order valence-corrected chi connectivity index (χ1v) is 9.63. The summed E-state index contributed by atoms with van der Waals surface area (Å²) in [7, 11) is 0. The summed E-state index contributed by atoms with van der Waals surface area (Å²) in [6.07, 6.45) is 1.81. The molecule has 0 saturated heterocycles. The number of fused-ring (bicyclic) bond motifs is 1. The molecule has 2 amide bonds. The van der Waals surface area contributed by atoms with Gasteiger partial charge in [-0.05, 0) is 42.8 Å². The number of hydrogen-bond donors (Lipinski definition) is 3. The maximum absolute atomic E-state index is 12.0. The minimum absolute atomic E-state index is 0.171. The van der Waals surface area contributed by atoms with Gasteiger partial charge in [-0.25, -0.2) is 4.79 Å². The van der Waals surface area contributed by atoms with E-state index in [1.807, 2.05) is 48.5 Å². The predicted molar refractivity (Wildman–Crippen MR) is 108 cm³/mol. The van der Waals surface area contributed by atoms with Crippen LogP contribution < -0.4 is 10.6 Å². The molecule has 0 radical (unpaired) electrons. The summed E-state index contributed by atoms with van der Waals surface area (Å²) in [6.45, 7) is 2.50. The van der Waals surface area contributed by atoms with Crippen molar-refractivity contribution in [3.8, 4) is 0 Å². The van der Waals surface area contributed by atoms with Crippen molar-refractivity contribution in [1.29, 1.82) is 0 Å². The van der Waals surface area contributed by atoms with Gasteiger partial charge in [-0.1, -0.05) is 48.5 Å². The molecule has 0 fully saturated rings. The lowest BCUT2D eigenvalue weighted by molar-refractivity contribution is 0.0632. The third-order valence-corrected chi connectivity index (χ3v) is 5.69. The fourth-order valence-electron chi connectivity index (χ4n) is 2.79. The van der Waals surface area contributed by atoms with Crippen LogP contribution in [0.2, 0.25) is 0 Å². The molecule has 0 aliphatic rings. The van der Waals surface area contributed by atoms with Gasteiger partial charge in [-0.3, -0.25) is 0 Å². The largest absolute Gasteiger partial charge is 0.383 e. The van der Waals surface area contributed by atoms with Gasteiger partial charge in [-0.2, -0.15) is 0 Å². The highest BCUT2D eigenvalue weighted by Crippen LogP contribution is 2.32. The Kier molecular flexibility index (Phi) is 5.91. The molecule has 1 atom stereocenters. The van der Waals surface area contributed by atoms with Crippen molar-refractivity contribution < 1.29 is 9.90 Å². The van der Waals surface area contributed by atoms with E-state index in [4.69, 9.17) is 0 Å². The highest BCUT2D eigenvalue weighted by atomic mass is 32.1. The van der Waals surface area contributed by atoms with Crippen LogP contribution in [-0.2, 0) is 12.0 Å². The number of hydrogen-bond acceptors (Lipinski definition) is 3. The Morgan fingerprint density at radius 3 is 2.58 bits per heavy atom. The molecule has 0 bridgehead atoms. The van der Waals surface area contributed by atoms with Crippen molar-refractivity contribution >= 4 is 27.5 Å². The molecule has 4 nitrogen and oxygen atoms in total. The predicted octanol–water partition coefficient (Wildman–Crippen LogP) is 4.04. The van der Waals surface area contributed by atoms with Gasteiger partial charge < -0.3 is 15.7 Å². The molecule has 3 aromatic rings. The molecule has 0 unspecified atom stereocenters. The smallest absolute Gasteiger partial charge is 0.314 e. The lowest BCUT2D eigenvalue weighted by Gasteiger charge is -2.22. The third kappa shape index (κ3) is 4.84. The van der Waals surface area contributed by atoms with Gasteiger partial charge in [0.25, 0.3) is 0 Å². The number of aliphatic hydroxyl groups is 1. The van der Waals surface area contributed by atoms with E-state index in [1.165, 1.54) is 5.56 Å². The Labute approximate surface area is 157 Å². The Hall–Kier alpha value is -2.37. The molecule has 136 valence electrons. The fraction of sp³-hybridized carbons (Fsp3) is 0.286. The Bertz CT molecular complexity index is 826. The lowest BCUT2D eigenvalue weighted by Crippen LogP contribution is -2.43. The van der Waals surface area contributed by atoms with E-state index in [2.05, 4.69) is 22.8 Å². The van der Waals surface area contributed by atoms with E-state index in [0.29, 0.717) is 6.54 Å². The molecule has 0 aliphatic heterocycles. The van der Waals surface area contributed by atoms with Crippen LogP contribution >= 0.6 is 11.3 Å². The Morgan fingerprint density at radius 2 is 1.81 bits per heavy atom. The SMILES string of the molecule is C[C@@](O)(CNC(=O)NCCCc1ccccc1)c1cc2ccccc2s1. The van der Waals surface area contributed by atoms with E-state index < -0.39 is 5.60 Å². The highest BCUT2D eigenvalue weighted by molar-refractivity contribution is 7.19. The van der Waals surface area contributed by atoms with Gasteiger partial charge in [0.15, 0.2) is 0 Å². The minimum atomic E-state index is -1.09. The zero-order valence-corrected chi connectivity index (χ0v) is 15.7. The van der Waals surface area contributed by atoms with Crippen LogP contribution in [0.4, 0.5) is 4.79 Å². The quantitative estimate of drug-likeness (QED) is 0.551. The van der Waals surface area contributed by atoms with Crippen LogP contribution in [0.25, 0.3) is 10.1 Å². The average Bonchev–Trinajstić information content (AvgIpc) is 3.10. The second-order valence-corrected chi connectivity index (χ2v) is 7.70. The molecular formula is C21H24N2O2S. The van der Waals surface area contributed by atoms with Gasteiger partial charge in [-0.15, -0.1) is 11.3 Å². The van der Waals surface area contributed by atoms with Crippen LogP contribution in [0.3, 0.4) is 0 Å². The Morgan fingerprint density at radius 1 is 1.08 bits per heavy atom. The number of urea groups is 1. The maximum Gasteiger partial charge on any atom is 0.314 e. The first-order valence-electron chi connectivity index (χ1n) is 8.82. The zero-order valence-electron chi connectivity index (χ0n) is 14.9. The number of amides is 2. The lowest BCUT2D eigenvalue weighted by atomic mass is 10.0. The molecule has 0 spiro atoms. The van der Waals surface area contributed by atoms with Gasteiger partial charge in [0.1, 0.15) is 5.60 Å². The number of carbonyl (C=O) groups excluding carboxylic acids is 1. The van der Waals surface area contributed by atoms with E-state index in [-0.39, 0.29) is 12.6 Å². The van der Waals surface area contributed by atoms with Gasteiger partial charge in [0.05, 0.1) is 6.54 Å². The molecular weight excluding hydrogens is 344 g/mol. The molecule has 5 heteroatoms. The molecule has 26 heavy (non-hydrogen) atoms. The van der Waals surface area contributed by atoms with E-state index in [1.54, 1.807) is 18.3 Å². The van der Waals surface area contributed by atoms with E-state index in [9.17, 15) is 9.90 Å². The van der Waals surface area contributed by atoms with Gasteiger partial charge in [0, 0.05) is 16.1 Å². The normalized spacial score (nSPS) is 13.3. The molecule has 2 aromatic carbocycles. The van der Waals surface area contributed by atoms with E-state index >= 15 is 0 Å². The number of benzene rings is 2. The van der Waals surface area contributed by atoms with Crippen LogP contribution in [-0.4, -0.2) is 24.2 Å². The van der Waals surface area contributed by atoms with Crippen molar-refractivity contribution in [2.75, 3.05) is 13.1 Å². The van der Waals surface area contributed by atoms with E-state index in [0.717, 1.165) is 27.8 Å². The van der Waals surface area contributed by atoms with Crippen molar-refractivity contribution in [2.24, 2.45) is 0 Å². The first-order chi connectivity index (χ1) is 12.5. The highest BCUT2D eigenvalue weighted by Gasteiger charge is 2.26. The van der Waals surface area contributed by atoms with Gasteiger partial charge in [0.2, 0.25) is 0 Å². The summed E-state index contributed by atoms with van der Waals surface area (Å²) >= 11 is 1.55. The summed E-state index contributed by atoms with van der Waals surface area (Å²) in [5.74, 6) is 0. The number of thiophene rings is 1. The van der Waals surface area contributed by atoms with Crippen LogP contribution in [0, 0.1) is 0 Å². The number of carbonyl (C=O) groups is 1. The van der Waals surface area contributed by atoms with Crippen molar-refractivity contribution in [3.63, 3.8) is 0 Å². The molecule has 3 N–H and O–H groups in total. The summed E-state index contributed by atoms with van der Waals surface area (Å²) in [5.41, 5.74) is 0.174. The van der Waals surface area contributed by atoms with Crippen LogP contribution in [0.15, 0.2) is 60.7 Å². The summed E-state index contributed by atoms with van der Waals surface area (Å²) in [4.78, 5) is 12.8. The third-order valence-electron chi connectivity index (χ3n) is 4.32. The van der Waals surface area contributed by atoms with Crippen molar-refractivity contribution in [3.05, 3.63) is 71.1 Å². The first kappa shape index (κ1) is 18.4. The minimum Gasteiger partial charge on any atom is -0.383 e. The van der Waals surface area contributed by atoms with Crippen molar-refractivity contribution in [1.82, 2.24) is 10.6 Å². The molecule has 3 rings (SSSR count). The fourth-order valence-corrected chi connectivity index (χ4v) is 3.89. The Balaban J connectivity index is 1.44. The number of nitrogens with one attached hydrogen (secondary N) is 2.